The highest BCUT2D eigenvalue weighted by Crippen LogP contribution is 2.19. The predicted molar refractivity (Wildman–Crippen MR) is 69.1 cm³/mol. The highest BCUT2D eigenvalue weighted by molar-refractivity contribution is 5.42. The van der Waals surface area contributed by atoms with Gasteiger partial charge in [0.2, 0.25) is 0 Å². The molecule has 2 aromatic rings. The van der Waals surface area contributed by atoms with Crippen molar-refractivity contribution in [3.05, 3.63) is 53.9 Å². The standard InChI is InChI=1S/C14H14F2N2O/c1-2-17-11-5-6-18-12(8-11)9-19-14-4-3-10(15)7-13(14)16/h3-8H,2,9H2,1H3,(H,17,18). The summed E-state index contributed by atoms with van der Waals surface area (Å²) in [5, 5.41) is 3.15. The van der Waals surface area contributed by atoms with E-state index in [-0.39, 0.29) is 12.4 Å². The van der Waals surface area contributed by atoms with Gasteiger partial charge >= 0.3 is 0 Å². The molecule has 0 saturated heterocycles. The second kappa shape index (κ2) is 6.13. The van der Waals surface area contributed by atoms with Crippen LogP contribution in [0.25, 0.3) is 0 Å². The second-order valence-corrected chi connectivity index (χ2v) is 3.93. The van der Waals surface area contributed by atoms with Gasteiger partial charge in [-0.25, -0.2) is 8.78 Å². The maximum absolute atomic E-state index is 13.4. The molecule has 1 aromatic carbocycles. The van der Waals surface area contributed by atoms with Crippen LogP contribution in [0.5, 0.6) is 5.75 Å². The zero-order chi connectivity index (χ0) is 13.7. The molecule has 0 atom stereocenters. The first kappa shape index (κ1) is 13.3. The molecule has 0 aliphatic heterocycles. The number of aromatic nitrogens is 1. The maximum Gasteiger partial charge on any atom is 0.167 e. The van der Waals surface area contributed by atoms with Gasteiger partial charge in [-0.1, -0.05) is 0 Å². The number of nitrogens with zero attached hydrogens (tertiary/aromatic N) is 1. The zero-order valence-corrected chi connectivity index (χ0v) is 10.5. The van der Waals surface area contributed by atoms with Crippen molar-refractivity contribution in [1.29, 1.82) is 0 Å². The summed E-state index contributed by atoms with van der Waals surface area (Å²) in [4.78, 5) is 4.12. The van der Waals surface area contributed by atoms with Gasteiger partial charge in [-0.3, -0.25) is 4.98 Å². The normalized spacial score (nSPS) is 10.3. The third-order valence-corrected chi connectivity index (χ3v) is 2.47. The molecule has 100 valence electrons. The fourth-order valence-electron chi connectivity index (χ4n) is 1.62. The number of hydrogen-bond donors (Lipinski definition) is 1. The van der Waals surface area contributed by atoms with Gasteiger partial charge in [0.15, 0.2) is 11.6 Å². The molecule has 0 spiro atoms. The molecular weight excluding hydrogens is 250 g/mol. The summed E-state index contributed by atoms with van der Waals surface area (Å²) in [7, 11) is 0. The van der Waals surface area contributed by atoms with Crippen molar-refractivity contribution in [1.82, 2.24) is 4.98 Å². The average Bonchev–Trinajstić information content (AvgIpc) is 2.38. The monoisotopic (exact) mass is 264 g/mol. The van der Waals surface area contributed by atoms with Gasteiger partial charge in [0.25, 0.3) is 0 Å². The Bertz CT molecular complexity index is 561. The SMILES string of the molecule is CCNc1ccnc(COc2ccc(F)cc2F)c1. The predicted octanol–water partition coefficient (Wildman–Crippen LogP) is 3.37. The van der Waals surface area contributed by atoms with E-state index in [4.69, 9.17) is 4.74 Å². The van der Waals surface area contributed by atoms with E-state index in [9.17, 15) is 8.78 Å². The van der Waals surface area contributed by atoms with Crippen molar-refractivity contribution >= 4 is 5.69 Å². The van der Waals surface area contributed by atoms with E-state index in [0.717, 1.165) is 24.4 Å². The van der Waals surface area contributed by atoms with Gasteiger partial charge in [0.1, 0.15) is 12.4 Å². The Morgan fingerprint density at radius 2 is 2.05 bits per heavy atom. The molecule has 0 aliphatic carbocycles. The Morgan fingerprint density at radius 1 is 1.21 bits per heavy atom. The molecule has 5 heteroatoms. The number of pyridine rings is 1. The molecule has 0 saturated carbocycles. The lowest BCUT2D eigenvalue weighted by molar-refractivity contribution is 0.285. The largest absolute Gasteiger partial charge is 0.484 e. The molecule has 19 heavy (non-hydrogen) atoms. The van der Waals surface area contributed by atoms with Crippen molar-refractivity contribution in [2.24, 2.45) is 0 Å². The van der Waals surface area contributed by atoms with E-state index < -0.39 is 11.6 Å². The fraction of sp³-hybridized carbons (Fsp3) is 0.214. The number of anilines is 1. The summed E-state index contributed by atoms with van der Waals surface area (Å²) in [5.74, 6) is -1.34. The Labute approximate surface area is 110 Å². The van der Waals surface area contributed by atoms with Crippen LogP contribution in [0.2, 0.25) is 0 Å². The van der Waals surface area contributed by atoms with Crippen LogP contribution in [-0.2, 0) is 6.61 Å². The first-order chi connectivity index (χ1) is 9.19. The number of hydrogen-bond acceptors (Lipinski definition) is 3. The van der Waals surface area contributed by atoms with Crippen molar-refractivity contribution in [2.75, 3.05) is 11.9 Å². The Hall–Kier alpha value is -2.17. The highest BCUT2D eigenvalue weighted by Gasteiger charge is 2.05. The van der Waals surface area contributed by atoms with Crippen LogP contribution in [0.3, 0.4) is 0 Å². The topological polar surface area (TPSA) is 34.2 Å². The Kier molecular flexibility index (Phi) is 4.28. The molecule has 2 rings (SSSR count). The van der Waals surface area contributed by atoms with Crippen LogP contribution < -0.4 is 10.1 Å². The molecule has 0 bridgehead atoms. The van der Waals surface area contributed by atoms with Crippen LogP contribution in [0.1, 0.15) is 12.6 Å². The summed E-state index contributed by atoms with van der Waals surface area (Å²) >= 11 is 0. The lowest BCUT2D eigenvalue weighted by Crippen LogP contribution is -2.02. The van der Waals surface area contributed by atoms with Gasteiger partial charge in [0, 0.05) is 24.5 Å². The number of benzene rings is 1. The fourth-order valence-corrected chi connectivity index (χ4v) is 1.62. The molecule has 3 nitrogen and oxygen atoms in total. The first-order valence-corrected chi connectivity index (χ1v) is 5.95. The Balaban J connectivity index is 2.03. The van der Waals surface area contributed by atoms with Gasteiger partial charge in [0.05, 0.1) is 5.69 Å². The molecule has 0 fully saturated rings. The smallest absolute Gasteiger partial charge is 0.167 e. The van der Waals surface area contributed by atoms with E-state index >= 15 is 0 Å². The lowest BCUT2D eigenvalue weighted by Gasteiger charge is -2.08. The molecule has 0 unspecified atom stereocenters. The summed E-state index contributed by atoms with van der Waals surface area (Å²) in [6.07, 6.45) is 1.65. The molecule has 0 aliphatic rings. The summed E-state index contributed by atoms with van der Waals surface area (Å²) in [6, 6.07) is 6.87. The minimum absolute atomic E-state index is 0.0112. The van der Waals surface area contributed by atoms with Crippen LogP contribution in [0.15, 0.2) is 36.5 Å². The van der Waals surface area contributed by atoms with E-state index in [0.29, 0.717) is 5.69 Å². The first-order valence-electron chi connectivity index (χ1n) is 5.95. The maximum atomic E-state index is 13.4. The van der Waals surface area contributed by atoms with E-state index in [2.05, 4.69) is 10.3 Å². The van der Waals surface area contributed by atoms with Crippen LogP contribution in [0.4, 0.5) is 14.5 Å². The van der Waals surface area contributed by atoms with Gasteiger partial charge in [-0.05, 0) is 31.2 Å². The molecule has 1 aromatic heterocycles. The molecule has 1 N–H and O–H groups in total. The zero-order valence-electron chi connectivity index (χ0n) is 10.5. The molecule has 0 radical (unpaired) electrons. The second-order valence-electron chi connectivity index (χ2n) is 3.93. The summed E-state index contributed by atoms with van der Waals surface area (Å²) in [6.45, 7) is 2.92. The number of halogens is 2. The van der Waals surface area contributed by atoms with E-state index in [1.807, 2.05) is 19.1 Å². The average molecular weight is 264 g/mol. The van der Waals surface area contributed by atoms with Crippen LogP contribution >= 0.6 is 0 Å². The third kappa shape index (κ3) is 3.64. The third-order valence-electron chi connectivity index (χ3n) is 2.47. The lowest BCUT2D eigenvalue weighted by atomic mass is 10.3. The summed E-state index contributed by atoms with van der Waals surface area (Å²) < 4.78 is 31.4. The van der Waals surface area contributed by atoms with Crippen molar-refractivity contribution in [3.63, 3.8) is 0 Å². The minimum atomic E-state index is -0.720. The van der Waals surface area contributed by atoms with Crippen molar-refractivity contribution < 1.29 is 13.5 Å². The quantitative estimate of drug-likeness (QED) is 0.899. The van der Waals surface area contributed by atoms with Gasteiger partial charge in [-0.15, -0.1) is 0 Å². The van der Waals surface area contributed by atoms with Gasteiger partial charge < -0.3 is 10.1 Å². The van der Waals surface area contributed by atoms with Crippen molar-refractivity contribution in [3.8, 4) is 5.75 Å². The highest BCUT2D eigenvalue weighted by atomic mass is 19.1. The van der Waals surface area contributed by atoms with Crippen LogP contribution in [0, 0.1) is 11.6 Å². The molecule has 1 heterocycles. The Morgan fingerprint density at radius 3 is 2.79 bits per heavy atom. The number of ether oxygens (including phenoxy) is 1. The van der Waals surface area contributed by atoms with Crippen LogP contribution in [-0.4, -0.2) is 11.5 Å². The minimum Gasteiger partial charge on any atom is -0.484 e. The van der Waals surface area contributed by atoms with E-state index in [1.54, 1.807) is 6.20 Å². The molecular formula is C14H14F2N2O. The van der Waals surface area contributed by atoms with Crippen molar-refractivity contribution in [2.45, 2.75) is 13.5 Å². The number of nitrogens with one attached hydrogen (secondary N) is 1. The number of rotatable bonds is 5. The molecule has 0 amide bonds. The van der Waals surface area contributed by atoms with Gasteiger partial charge in [-0.2, -0.15) is 0 Å². The summed E-state index contributed by atoms with van der Waals surface area (Å²) in [5.41, 5.74) is 1.60. The van der Waals surface area contributed by atoms with E-state index in [1.165, 1.54) is 6.07 Å².